The summed E-state index contributed by atoms with van der Waals surface area (Å²) in [6, 6.07) is 16.4. The molecule has 2 aromatic rings. The molecule has 2 heteroatoms. The molecular formula is C17H17NO. The van der Waals surface area contributed by atoms with E-state index in [1.54, 1.807) is 0 Å². The first kappa shape index (κ1) is 12.0. The monoisotopic (exact) mass is 251 g/mol. The van der Waals surface area contributed by atoms with Gasteiger partial charge in [0.2, 0.25) is 0 Å². The minimum absolute atomic E-state index is 0.720. The van der Waals surface area contributed by atoms with E-state index in [0.717, 1.165) is 17.4 Å². The fraction of sp³-hybridized carbons (Fsp3) is 0.235. The molecule has 0 aromatic heterocycles. The van der Waals surface area contributed by atoms with Gasteiger partial charge in [0.15, 0.2) is 0 Å². The predicted octanol–water partition coefficient (Wildman–Crippen LogP) is 3.77. The maximum Gasteiger partial charge on any atom is 0.150 e. The van der Waals surface area contributed by atoms with Gasteiger partial charge in [-0.05, 0) is 36.1 Å². The fourth-order valence-electron chi connectivity index (χ4n) is 2.59. The molecule has 3 rings (SSSR count). The van der Waals surface area contributed by atoms with Crippen LogP contribution in [0.4, 0.5) is 5.69 Å². The van der Waals surface area contributed by atoms with E-state index in [4.69, 9.17) is 0 Å². The van der Waals surface area contributed by atoms with E-state index in [9.17, 15) is 4.79 Å². The maximum absolute atomic E-state index is 10.6. The summed E-state index contributed by atoms with van der Waals surface area (Å²) >= 11 is 0. The summed E-state index contributed by atoms with van der Waals surface area (Å²) in [6.45, 7) is 2.35. The van der Waals surface area contributed by atoms with Gasteiger partial charge in [0.1, 0.15) is 6.29 Å². The van der Waals surface area contributed by atoms with Crippen LogP contribution >= 0.6 is 0 Å². The molecule has 0 unspecified atom stereocenters. The predicted molar refractivity (Wildman–Crippen MR) is 78.7 cm³/mol. The molecule has 1 fully saturated rings. The molecule has 2 nitrogen and oxygen atoms in total. The van der Waals surface area contributed by atoms with Gasteiger partial charge in [0.05, 0.1) is 0 Å². The average molecular weight is 251 g/mol. The summed E-state index contributed by atoms with van der Waals surface area (Å²) in [4.78, 5) is 13.1. The van der Waals surface area contributed by atoms with Gasteiger partial charge < -0.3 is 4.90 Å². The van der Waals surface area contributed by atoms with E-state index in [0.29, 0.717) is 0 Å². The number of carbonyl (C=O) groups excluding carboxylic acids is 1. The van der Waals surface area contributed by atoms with Crippen molar-refractivity contribution >= 4 is 12.0 Å². The number of carbonyl (C=O) groups is 1. The van der Waals surface area contributed by atoms with Gasteiger partial charge in [-0.15, -0.1) is 0 Å². The molecule has 0 saturated carbocycles. The molecule has 1 aliphatic heterocycles. The zero-order chi connectivity index (χ0) is 13.1. The van der Waals surface area contributed by atoms with E-state index in [1.807, 2.05) is 24.3 Å². The average Bonchev–Trinajstić information content (AvgIpc) is 3.02. The molecule has 0 atom stereocenters. The van der Waals surface area contributed by atoms with Crippen molar-refractivity contribution in [2.45, 2.75) is 12.8 Å². The lowest BCUT2D eigenvalue weighted by Gasteiger charge is -2.17. The number of benzene rings is 2. The zero-order valence-electron chi connectivity index (χ0n) is 10.9. The summed E-state index contributed by atoms with van der Waals surface area (Å²) < 4.78 is 0. The quantitative estimate of drug-likeness (QED) is 0.774. The van der Waals surface area contributed by atoms with Crippen molar-refractivity contribution < 1.29 is 4.79 Å². The van der Waals surface area contributed by atoms with Crippen LogP contribution in [0.3, 0.4) is 0 Å². The van der Waals surface area contributed by atoms with Crippen molar-refractivity contribution in [1.29, 1.82) is 0 Å². The van der Waals surface area contributed by atoms with Crippen LogP contribution in [-0.2, 0) is 0 Å². The number of hydrogen-bond acceptors (Lipinski definition) is 2. The molecule has 0 amide bonds. The molecule has 0 N–H and O–H groups in total. The second-order valence-electron chi connectivity index (χ2n) is 4.98. The molecule has 2 aromatic carbocycles. The Morgan fingerprint density at radius 2 is 1.32 bits per heavy atom. The first-order valence-corrected chi connectivity index (χ1v) is 6.77. The van der Waals surface area contributed by atoms with Crippen LogP contribution in [0.25, 0.3) is 11.1 Å². The van der Waals surface area contributed by atoms with Gasteiger partial charge in [-0.3, -0.25) is 4.79 Å². The molecule has 1 saturated heterocycles. The van der Waals surface area contributed by atoms with E-state index < -0.39 is 0 Å². The first-order chi connectivity index (χ1) is 9.36. The molecular weight excluding hydrogens is 234 g/mol. The Balaban J connectivity index is 1.82. The topological polar surface area (TPSA) is 20.3 Å². The molecule has 1 heterocycles. The van der Waals surface area contributed by atoms with Crippen LogP contribution in [0.1, 0.15) is 23.2 Å². The van der Waals surface area contributed by atoms with Crippen molar-refractivity contribution in [2.75, 3.05) is 18.0 Å². The summed E-state index contributed by atoms with van der Waals surface area (Å²) in [7, 11) is 0. The molecule has 0 aliphatic carbocycles. The van der Waals surface area contributed by atoms with Gasteiger partial charge in [-0.2, -0.15) is 0 Å². The van der Waals surface area contributed by atoms with Gasteiger partial charge in [0.25, 0.3) is 0 Å². The fourth-order valence-corrected chi connectivity index (χ4v) is 2.59. The molecule has 1 aliphatic rings. The van der Waals surface area contributed by atoms with Gasteiger partial charge >= 0.3 is 0 Å². The molecule has 0 spiro atoms. The SMILES string of the molecule is O=Cc1ccc(-c2ccc(N3CCCC3)cc2)cc1. The minimum Gasteiger partial charge on any atom is -0.372 e. The number of hydrogen-bond donors (Lipinski definition) is 0. The smallest absolute Gasteiger partial charge is 0.150 e. The van der Waals surface area contributed by atoms with Crippen molar-refractivity contribution in [3.05, 3.63) is 54.1 Å². The Morgan fingerprint density at radius 1 is 0.789 bits per heavy atom. The third kappa shape index (κ3) is 2.53. The Morgan fingerprint density at radius 3 is 1.84 bits per heavy atom. The van der Waals surface area contributed by atoms with Gasteiger partial charge in [-0.25, -0.2) is 0 Å². The third-order valence-electron chi connectivity index (χ3n) is 3.72. The Labute approximate surface area is 113 Å². The van der Waals surface area contributed by atoms with Crippen LogP contribution in [0.15, 0.2) is 48.5 Å². The highest BCUT2D eigenvalue weighted by atomic mass is 16.1. The highest BCUT2D eigenvalue weighted by molar-refractivity contribution is 5.77. The lowest BCUT2D eigenvalue weighted by molar-refractivity contribution is 0.112. The third-order valence-corrected chi connectivity index (χ3v) is 3.72. The molecule has 0 bridgehead atoms. The van der Waals surface area contributed by atoms with Gasteiger partial charge in [-0.1, -0.05) is 36.4 Å². The number of anilines is 1. The summed E-state index contributed by atoms with van der Waals surface area (Å²) in [6.07, 6.45) is 3.48. The Bertz CT molecular complexity index is 551. The van der Waals surface area contributed by atoms with Crippen LogP contribution in [0.2, 0.25) is 0 Å². The summed E-state index contributed by atoms with van der Waals surface area (Å²) in [5.74, 6) is 0. The molecule has 0 radical (unpaired) electrons. The van der Waals surface area contributed by atoms with Crippen molar-refractivity contribution in [3.63, 3.8) is 0 Å². The minimum atomic E-state index is 0.720. The molecule has 19 heavy (non-hydrogen) atoms. The normalized spacial score (nSPS) is 14.6. The Hall–Kier alpha value is -2.09. The lowest BCUT2D eigenvalue weighted by atomic mass is 10.0. The van der Waals surface area contributed by atoms with Crippen molar-refractivity contribution in [3.8, 4) is 11.1 Å². The highest BCUT2D eigenvalue weighted by Crippen LogP contribution is 2.25. The molecule has 96 valence electrons. The van der Waals surface area contributed by atoms with Crippen LogP contribution in [-0.4, -0.2) is 19.4 Å². The van der Waals surface area contributed by atoms with E-state index >= 15 is 0 Å². The highest BCUT2D eigenvalue weighted by Gasteiger charge is 2.11. The second-order valence-corrected chi connectivity index (χ2v) is 4.98. The number of aldehydes is 1. The zero-order valence-corrected chi connectivity index (χ0v) is 10.9. The van der Waals surface area contributed by atoms with Crippen LogP contribution < -0.4 is 4.90 Å². The van der Waals surface area contributed by atoms with E-state index in [-0.39, 0.29) is 0 Å². The first-order valence-electron chi connectivity index (χ1n) is 6.77. The standard InChI is InChI=1S/C17H17NO/c19-13-14-3-5-15(6-4-14)16-7-9-17(10-8-16)18-11-1-2-12-18/h3-10,13H,1-2,11-12H2. The number of nitrogens with zero attached hydrogens (tertiary/aromatic N) is 1. The van der Waals surface area contributed by atoms with Crippen LogP contribution in [0.5, 0.6) is 0 Å². The van der Waals surface area contributed by atoms with Crippen molar-refractivity contribution in [1.82, 2.24) is 0 Å². The Kier molecular flexibility index (Phi) is 3.32. The van der Waals surface area contributed by atoms with Crippen molar-refractivity contribution in [2.24, 2.45) is 0 Å². The van der Waals surface area contributed by atoms with Crippen LogP contribution in [0, 0.1) is 0 Å². The second kappa shape index (κ2) is 5.27. The maximum atomic E-state index is 10.6. The summed E-state index contributed by atoms with van der Waals surface area (Å²) in [5, 5.41) is 0. The largest absolute Gasteiger partial charge is 0.372 e. The summed E-state index contributed by atoms with van der Waals surface area (Å²) in [5.41, 5.74) is 4.38. The van der Waals surface area contributed by atoms with Gasteiger partial charge in [0, 0.05) is 24.3 Å². The van der Waals surface area contributed by atoms with E-state index in [1.165, 1.54) is 37.2 Å². The number of rotatable bonds is 3. The lowest BCUT2D eigenvalue weighted by Crippen LogP contribution is -2.17. The van der Waals surface area contributed by atoms with E-state index in [2.05, 4.69) is 29.2 Å².